The van der Waals surface area contributed by atoms with Gasteiger partial charge in [-0.1, -0.05) is 13.8 Å². The molecule has 0 saturated heterocycles. The average molecular weight is 265 g/mol. The normalized spacial score (nSPS) is 11.9. The third-order valence-corrected chi connectivity index (χ3v) is 2.66. The lowest BCUT2D eigenvalue weighted by atomic mass is 10.1. The van der Waals surface area contributed by atoms with Gasteiger partial charge in [-0.15, -0.1) is 0 Å². The molecule has 0 amide bonds. The lowest BCUT2D eigenvalue weighted by Gasteiger charge is -2.19. The maximum absolute atomic E-state index is 5.56. The van der Waals surface area contributed by atoms with E-state index in [1.165, 1.54) is 6.42 Å². The summed E-state index contributed by atoms with van der Waals surface area (Å²) in [6, 6.07) is 0. The highest BCUT2D eigenvalue weighted by Gasteiger charge is 2.09. The minimum absolute atomic E-state index is 0.0910. The van der Waals surface area contributed by atoms with Crippen molar-refractivity contribution in [1.82, 2.24) is 15.3 Å². The van der Waals surface area contributed by atoms with Crippen molar-refractivity contribution in [3.63, 3.8) is 0 Å². The number of nitrogens with one attached hydrogen (secondary N) is 1. The van der Waals surface area contributed by atoms with Crippen LogP contribution in [0.25, 0.3) is 0 Å². The van der Waals surface area contributed by atoms with Crippen molar-refractivity contribution in [3.8, 4) is 5.88 Å². The largest absolute Gasteiger partial charge is 0.477 e. The Labute approximate surface area is 117 Å². The van der Waals surface area contributed by atoms with Crippen molar-refractivity contribution < 1.29 is 4.74 Å². The standard InChI is InChI=1S/C15H27N3O/c1-12(2)7-6-8-19-14-11-16-13(9-17-14)10-18-15(3,4)5/h9,11-12,18H,6-8,10H2,1-5H3. The van der Waals surface area contributed by atoms with E-state index in [4.69, 9.17) is 4.74 Å². The van der Waals surface area contributed by atoms with Crippen LogP contribution in [0.15, 0.2) is 12.4 Å². The second-order valence-electron chi connectivity index (χ2n) is 6.33. The molecule has 1 aromatic rings. The smallest absolute Gasteiger partial charge is 0.232 e. The van der Waals surface area contributed by atoms with Gasteiger partial charge in [0.2, 0.25) is 5.88 Å². The molecule has 1 heterocycles. The van der Waals surface area contributed by atoms with Crippen LogP contribution in [0.5, 0.6) is 5.88 Å². The van der Waals surface area contributed by atoms with Crippen molar-refractivity contribution in [2.75, 3.05) is 6.61 Å². The molecule has 0 fully saturated rings. The highest BCUT2D eigenvalue weighted by molar-refractivity contribution is 5.07. The molecule has 0 aliphatic rings. The van der Waals surface area contributed by atoms with Gasteiger partial charge in [0.25, 0.3) is 0 Å². The van der Waals surface area contributed by atoms with E-state index in [9.17, 15) is 0 Å². The molecular weight excluding hydrogens is 238 g/mol. The zero-order valence-electron chi connectivity index (χ0n) is 12.9. The SMILES string of the molecule is CC(C)CCCOc1cnc(CNC(C)(C)C)cn1. The van der Waals surface area contributed by atoms with E-state index in [1.54, 1.807) is 12.4 Å². The van der Waals surface area contributed by atoms with E-state index in [0.29, 0.717) is 12.5 Å². The quantitative estimate of drug-likeness (QED) is 0.769. The number of rotatable bonds is 7. The van der Waals surface area contributed by atoms with E-state index in [0.717, 1.165) is 24.6 Å². The Bertz CT molecular complexity index is 355. The van der Waals surface area contributed by atoms with Crippen LogP contribution in [0.4, 0.5) is 0 Å². The van der Waals surface area contributed by atoms with Gasteiger partial charge in [0.15, 0.2) is 0 Å². The monoisotopic (exact) mass is 265 g/mol. The van der Waals surface area contributed by atoms with Crippen LogP contribution in [-0.4, -0.2) is 22.1 Å². The van der Waals surface area contributed by atoms with Crippen molar-refractivity contribution in [3.05, 3.63) is 18.1 Å². The molecule has 0 radical (unpaired) electrons. The molecule has 1 rings (SSSR count). The topological polar surface area (TPSA) is 47.0 Å². The minimum atomic E-state index is 0.0910. The number of aromatic nitrogens is 2. The highest BCUT2D eigenvalue weighted by Crippen LogP contribution is 2.08. The number of ether oxygens (including phenoxy) is 1. The Morgan fingerprint density at radius 1 is 1.21 bits per heavy atom. The predicted molar refractivity (Wildman–Crippen MR) is 78.2 cm³/mol. The average Bonchev–Trinajstić information content (AvgIpc) is 2.32. The molecule has 0 bridgehead atoms. The fraction of sp³-hybridized carbons (Fsp3) is 0.733. The first-order valence-electron chi connectivity index (χ1n) is 7.05. The third kappa shape index (κ3) is 7.78. The zero-order valence-corrected chi connectivity index (χ0v) is 12.9. The highest BCUT2D eigenvalue weighted by atomic mass is 16.5. The Morgan fingerprint density at radius 3 is 2.47 bits per heavy atom. The molecule has 0 unspecified atom stereocenters. The molecule has 1 N–H and O–H groups in total. The minimum Gasteiger partial charge on any atom is -0.477 e. The Kier molecular flexibility index (Phi) is 6.22. The summed E-state index contributed by atoms with van der Waals surface area (Å²) in [5, 5.41) is 3.38. The Balaban J connectivity index is 2.31. The van der Waals surface area contributed by atoms with Gasteiger partial charge in [0.05, 0.1) is 24.7 Å². The van der Waals surface area contributed by atoms with Crippen molar-refractivity contribution in [1.29, 1.82) is 0 Å². The molecule has 0 spiro atoms. The molecule has 0 saturated carbocycles. The summed E-state index contributed by atoms with van der Waals surface area (Å²) < 4.78 is 5.56. The second kappa shape index (κ2) is 7.43. The van der Waals surface area contributed by atoms with Gasteiger partial charge in [-0.25, -0.2) is 4.98 Å². The molecule has 0 atom stereocenters. The van der Waals surface area contributed by atoms with E-state index in [2.05, 4.69) is 49.9 Å². The van der Waals surface area contributed by atoms with Crippen LogP contribution in [0.1, 0.15) is 53.2 Å². The van der Waals surface area contributed by atoms with Gasteiger partial charge in [-0.2, -0.15) is 0 Å². The maximum atomic E-state index is 5.56. The van der Waals surface area contributed by atoms with Crippen LogP contribution >= 0.6 is 0 Å². The summed E-state index contributed by atoms with van der Waals surface area (Å²) in [5.74, 6) is 1.34. The van der Waals surface area contributed by atoms with Crippen LogP contribution in [0.2, 0.25) is 0 Å². The molecule has 4 nitrogen and oxygen atoms in total. The Hall–Kier alpha value is -1.16. The van der Waals surface area contributed by atoms with Gasteiger partial charge in [0.1, 0.15) is 0 Å². The van der Waals surface area contributed by atoms with Gasteiger partial charge in [-0.05, 0) is 39.5 Å². The van der Waals surface area contributed by atoms with E-state index < -0.39 is 0 Å². The molecular formula is C15H27N3O. The first-order valence-corrected chi connectivity index (χ1v) is 7.05. The third-order valence-electron chi connectivity index (χ3n) is 2.66. The van der Waals surface area contributed by atoms with E-state index >= 15 is 0 Å². The van der Waals surface area contributed by atoms with Crippen molar-refractivity contribution >= 4 is 0 Å². The van der Waals surface area contributed by atoms with Gasteiger partial charge in [0, 0.05) is 12.1 Å². The van der Waals surface area contributed by atoms with Crippen LogP contribution in [0, 0.1) is 5.92 Å². The van der Waals surface area contributed by atoms with Gasteiger partial charge in [-0.3, -0.25) is 4.98 Å². The summed E-state index contributed by atoms with van der Waals surface area (Å²) in [5.41, 5.74) is 1.03. The zero-order chi connectivity index (χ0) is 14.3. The molecule has 108 valence electrons. The summed E-state index contributed by atoms with van der Waals surface area (Å²) in [7, 11) is 0. The first-order chi connectivity index (χ1) is 8.87. The summed E-state index contributed by atoms with van der Waals surface area (Å²) in [6.07, 6.45) is 5.72. The fourth-order valence-electron chi connectivity index (χ4n) is 1.53. The van der Waals surface area contributed by atoms with E-state index in [-0.39, 0.29) is 5.54 Å². The number of hydrogen-bond donors (Lipinski definition) is 1. The number of nitrogens with zero attached hydrogens (tertiary/aromatic N) is 2. The summed E-state index contributed by atoms with van der Waals surface area (Å²) in [4.78, 5) is 8.62. The van der Waals surface area contributed by atoms with Crippen LogP contribution < -0.4 is 10.1 Å². The first kappa shape index (κ1) is 15.9. The molecule has 0 aliphatic carbocycles. The molecule has 19 heavy (non-hydrogen) atoms. The molecule has 0 aliphatic heterocycles. The van der Waals surface area contributed by atoms with Crippen molar-refractivity contribution in [2.45, 2.75) is 59.5 Å². The van der Waals surface area contributed by atoms with Crippen LogP contribution in [-0.2, 0) is 6.54 Å². The maximum Gasteiger partial charge on any atom is 0.232 e. The molecule has 0 aromatic carbocycles. The lowest BCUT2D eigenvalue weighted by Crippen LogP contribution is -2.35. The predicted octanol–water partition coefficient (Wildman–Crippen LogP) is 3.18. The summed E-state index contributed by atoms with van der Waals surface area (Å²) in [6.45, 7) is 12.3. The summed E-state index contributed by atoms with van der Waals surface area (Å²) >= 11 is 0. The number of hydrogen-bond acceptors (Lipinski definition) is 4. The van der Waals surface area contributed by atoms with Crippen molar-refractivity contribution in [2.24, 2.45) is 5.92 Å². The lowest BCUT2D eigenvalue weighted by molar-refractivity contribution is 0.285. The van der Waals surface area contributed by atoms with Gasteiger partial charge >= 0.3 is 0 Å². The van der Waals surface area contributed by atoms with Gasteiger partial charge < -0.3 is 10.1 Å². The molecule has 4 heteroatoms. The second-order valence-corrected chi connectivity index (χ2v) is 6.33. The molecule has 1 aromatic heterocycles. The fourth-order valence-corrected chi connectivity index (χ4v) is 1.53. The van der Waals surface area contributed by atoms with E-state index in [1.807, 2.05) is 0 Å². The Morgan fingerprint density at radius 2 is 1.95 bits per heavy atom. The van der Waals surface area contributed by atoms with Crippen LogP contribution in [0.3, 0.4) is 0 Å².